The molecule has 2 N–H and O–H groups in total. The van der Waals surface area contributed by atoms with E-state index in [1.807, 2.05) is 10.7 Å². The molecule has 0 aromatic carbocycles. The second-order valence-corrected chi connectivity index (χ2v) is 6.04. The maximum Gasteiger partial charge on any atom is 0.417 e. The molecule has 0 atom stereocenters. The van der Waals surface area contributed by atoms with Crippen LogP contribution in [0.25, 0.3) is 0 Å². The minimum absolute atomic E-state index is 0. The zero-order valence-electron chi connectivity index (χ0n) is 14.3. The number of nitrogens with zero attached hydrogens (tertiary/aromatic N) is 3. The van der Waals surface area contributed by atoms with Crippen molar-refractivity contribution in [2.75, 3.05) is 6.54 Å². The molecule has 0 saturated carbocycles. The number of aryl methyl sites for hydroxylation is 1. The number of pyridine rings is 1. The summed E-state index contributed by atoms with van der Waals surface area (Å²) in [6.07, 6.45) is -2.97. The number of hydrogen-bond acceptors (Lipinski definition) is 4. The Labute approximate surface area is 159 Å². The molecule has 2 aromatic rings. The predicted molar refractivity (Wildman–Crippen MR) is 93.3 cm³/mol. The lowest BCUT2D eigenvalue weighted by Gasteiger charge is -2.10. The number of rotatable bonds is 4. The maximum absolute atomic E-state index is 12.7. The van der Waals surface area contributed by atoms with Crippen LogP contribution in [0.4, 0.5) is 13.2 Å². The first kappa shape index (κ1) is 21.0. The molecule has 0 fully saturated rings. The van der Waals surface area contributed by atoms with Crippen LogP contribution >= 0.6 is 12.4 Å². The summed E-state index contributed by atoms with van der Waals surface area (Å²) in [5.74, 6) is -0.562. The molecule has 0 unspecified atom stereocenters. The van der Waals surface area contributed by atoms with Crippen LogP contribution in [0.5, 0.6) is 0 Å². The number of nitrogens with one attached hydrogen (secondary N) is 2. The Morgan fingerprint density at radius 3 is 2.85 bits per heavy atom. The van der Waals surface area contributed by atoms with E-state index in [0.717, 1.165) is 35.8 Å². The Bertz CT molecular complexity index is 839. The topological polar surface area (TPSA) is 81.0 Å². The summed E-state index contributed by atoms with van der Waals surface area (Å²) in [5.41, 5.74) is 0.0254. The molecule has 3 rings (SSSR count). The lowest BCUT2D eigenvalue weighted by atomic mass is 10.2. The summed E-state index contributed by atoms with van der Waals surface area (Å²) in [6.45, 7) is 2.06. The maximum atomic E-state index is 12.7. The molecule has 0 saturated heterocycles. The van der Waals surface area contributed by atoms with Crippen molar-refractivity contribution in [2.45, 2.75) is 38.8 Å². The fourth-order valence-electron chi connectivity index (χ4n) is 2.73. The van der Waals surface area contributed by atoms with Gasteiger partial charge in [-0.3, -0.25) is 14.3 Å². The summed E-state index contributed by atoms with van der Waals surface area (Å²) < 4.78 is 40.8. The quantitative estimate of drug-likeness (QED) is 0.803. The van der Waals surface area contributed by atoms with Gasteiger partial charge < -0.3 is 15.2 Å². The zero-order chi connectivity index (χ0) is 18.7. The molecule has 1 amide bonds. The van der Waals surface area contributed by atoms with E-state index in [1.54, 1.807) is 0 Å². The number of fused-ring (bicyclic) bond motifs is 1. The molecule has 0 bridgehead atoms. The van der Waals surface area contributed by atoms with Gasteiger partial charge in [-0.15, -0.1) is 12.4 Å². The number of hydrogen-bond donors (Lipinski definition) is 2. The molecule has 0 aliphatic carbocycles. The average molecular weight is 406 g/mol. The van der Waals surface area contributed by atoms with E-state index in [0.29, 0.717) is 24.5 Å². The summed E-state index contributed by atoms with van der Waals surface area (Å²) in [4.78, 5) is 23.7. The average Bonchev–Trinajstić information content (AvgIpc) is 2.83. The van der Waals surface area contributed by atoms with Gasteiger partial charge in [-0.1, -0.05) is 0 Å². The minimum atomic E-state index is -4.58. The third kappa shape index (κ3) is 5.33. The highest BCUT2D eigenvalue weighted by Crippen LogP contribution is 2.27. The van der Waals surface area contributed by atoms with Crippen molar-refractivity contribution in [1.82, 2.24) is 25.0 Å². The van der Waals surface area contributed by atoms with E-state index in [9.17, 15) is 22.8 Å². The van der Waals surface area contributed by atoms with Crippen molar-refractivity contribution < 1.29 is 18.0 Å². The van der Waals surface area contributed by atoms with Gasteiger partial charge in [0.25, 0.3) is 5.56 Å². The Hall–Kier alpha value is -2.33. The first-order valence-corrected chi connectivity index (χ1v) is 8.13. The van der Waals surface area contributed by atoms with Gasteiger partial charge >= 0.3 is 6.18 Å². The van der Waals surface area contributed by atoms with Crippen LogP contribution in [-0.4, -0.2) is 26.8 Å². The van der Waals surface area contributed by atoms with Gasteiger partial charge in [0.15, 0.2) is 0 Å². The monoisotopic (exact) mass is 405 g/mol. The number of halogens is 4. The number of alkyl halides is 3. The van der Waals surface area contributed by atoms with Gasteiger partial charge in [0.05, 0.1) is 23.5 Å². The highest BCUT2D eigenvalue weighted by atomic mass is 35.5. The number of amides is 1. The van der Waals surface area contributed by atoms with Gasteiger partial charge in [0.1, 0.15) is 6.54 Å². The molecule has 1 aliphatic rings. The van der Waals surface area contributed by atoms with Gasteiger partial charge in [-0.05, 0) is 25.1 Å². The molecule has 3 heterocycles. The Morgan fingerprint density at radius 1 is 1.33 bits per heavy atom. The van der Waals surface area contributed by atoms with E-state index in [1.165, 1.54) is 0 Å². The van der Waals surface area contributed by atoms with E-state index < -0.39 is 29.8 Å². The fraction of sp³-hybridized carbons (Fsp3) is 0.438. The fourth-order valence-corrected chi connectivity index (χ4v) is 2.73. The smallest absolute Gasteiger partial charge is 0.349 e. The summed E-state index contributed by atoms with van der Waals surface area (Å²) in [7, 11) is 0. The van der Waals surface area contributed by atoms with Crippen LogP contribution < -0.4 is 16.2 Å². The van der Waals surface area contributed by atoms with Crippen LogP contribution in [-0.2, 0) is 37.1 Å². The van der Waals surface area contributed by atoms with E-state index in [-0.39, 0.29) is 19.0 Å². The summed E-state index contributed by atoms with van der Waals surface area (Å²) >= 11 is 0. The second kappa shape index (κ2) is 8.57. The SMILES string of the molecule is Cl.O=C(Cn1cc(C(F)(F)F)ccc1=O)NCc1cc2n(n1)CCCNC2. The molecule has 11 heteroatoms. The molecule has 2 aromatic heterocycles. The Balaban J connectivity index is 0.00000261. The van der Waals surface area contributed by atoms with Gasteiger partial charge in [-0.2, -0.15) is 18.3 Å². The van der Waals surface area contributed by atoms with Gasteiger partial charge in [-0.25, -0.2) is 0 Å². The first-order chi connectivity index (χ1) is 12.3. The van der Waals surface area contributed by atoms with Crippen LogP contribution in [0.15, 0.2) is 29.2 Å². The highest BCUT2D eigenvalue weighted by Gasteiger charge is 2.31. The van der Waals surface area contributed by atoms with E-state index in [4.69, 9.17) is 0 Å². The molecule has 1 aliphatic heterocycles. The lowest BCUT2D eigenvalue weighted by Crippen LogP contribution is -2.32. The molecule has 0 spiro atoms. The van der Waals surface area contributed by atoms with Crippen LogP contribution in [0.2, 0.25) is 0 Å². The number of aromatic nitrogens is 3. The molecule has 27 heavy (non-hydrogen) atoms. The number of carbonyl (C=O) groups excluding carboxylic acids is 1. The van der Waals surface area contributed by atoms with Crippen LogP contribution in [0.3, 0.4) is 0 Å². The van der Waals surface area contributed by atoms with Crippen molar-refractivity contribution in [3.63, 3.8) is 0 Å². The Kier molecular flexibility index (Phi) is 6.66. The third-order valence-corrected chi connectivity index (χ3v) is 4.03. The molecule has 7 nitrogen and oxygen atoms in total. The van der Waals surface area contributed by atoms with Gasteiger partial charge in [0.2, 0.25) is 5.91 Å². The standard InChI is InChI=1S/C16H18F3N5O2.ClH/c17-16(18,19)11-2-3-15(26)23(9-11)10-14(25)21-7-12-6-13-8-20-4-1-5-24(13)22-12;/h2-3,6,9,20H,1,4-5,7-8,10H2,(H,21,25);1H. The normalized spacial score (nSPS) is 14.0. The third-order valence-electron chi connectivity index (χ3n) is 4.03. The second-order valence-electron chi connectivity index (χ2n) is 6.04. The zero-order valence-corrected chi connectivity index (χ0v) is 15.1. The molecule has 0 radical (unpaired) electrons. The molecular weight excluding hydrogens is 387 g/mol. The van der Waals surface area contributed by atoms with Gasteiger partial charge in [0, 0.05) is 25.4 Å². The van der Waals surface area contributed by atoms with Crippen LogP contribution in [0, 0.1) is 0 Å². The van der Waals surface area contributed by atoms with E-state index >= 15 is 0 Å². The van der Waals surface area contributed by atoms with Crippen molar-refractivity contribution in [2.24, 2.45) is 0 Å². The lowest BCUT2D eigenvalue weighted by molar-refractivity contribution is -0.138. The summed E-state index contributed by atoms with van der Waals surface area (Å²) in [5, 5.41) is 10.2. The van der Waals surface area contributed by atoms with Crippen LogP contribution in [0.1, 0.15) is 23.4 Å². The Morgan fingerprint density at radius 2 is 2.11 bits per heavy atom. The van der Waals surface area contributed by atoms with Crippen molar-refractivity contribution >= 4 is 18.3 Å². The first-order valence-electron chi connectivity index (χ1n) is 8.13. The minimum Gasteiger partial charge on any atom is -0.349 e. The van der Waals surface area contributed by atoms with Crippen molar-refractivity contribution in [3.05, 3.63) is 51.7 Å². The van der Waals surface area contributed by atoms with Crippen molar-refractivity contribution in [1.29, 1.82) is 0 Å². The van der Waals surface area contributed by atoms with E-state index in [2.05, 4.69) is 15.7 Å². The van der Waals surface area contributed by atoms with Crippen molar-refractivity contribution in [3.8, 4) is 0 Å². The number of carbonyl (C=O) groups is 1. The summed E-state index contributed by atoms with van der Waals surface area (Å²) in [6, 6.07) is 3.37. The predicted octanol–water partition coefficient (Wildman–Crippen LogP) is 1.30. The largest absolute Gasteiger partial charge is 0.417 e. The molecule has 148 valence electrons. The highest BCUT2D eigenvalue weighted by molar-refractivity contribution is 5.85. The molecular formula is C16H19ClF3N5O2.